The third kappa shape index (κ3) is 3.04. The molecule has 3 rings (SSSR count). The Morgan fingerprint density at radius 3 is 2.92 bits per heavy atom. The number of aliphatic hydroxyl groups is 1. The highest BCUT2D eigenvalue weighted by Crippen LogP contribution is 2.31. The summed E-state index contributed by atoms with van der Waals surface area (Å²) < 4.78 is 12.8. The molecular weight excluding hydrogens is 314 g/mol. The minimum atomic E-state index is -0.751. The van der Waals surface area contributed by atoms with E-state index in [-0.39, 0.29) is 18.4 Å². The van der Waals surface area contributed by atoms with Gasteiger partial charge in [-0.05, 0) is 20.8 Å². The molecule has 0 spiro atoms. The van der Waals surface area contributed by atoms with Crippen LogP contribution in [0.2, 0.25) is 0 Å². The summed E-state index contributed by atoms with van der Waals surface area (Å²) in [7, 11) is 0. The second-order valence-corrected chi connectivity index (χ2v) is 6.86. The molecule has 24 heavy (non-hydrogen) atoms. The van der Waals surface area contributed by atoms with E-state index in [9.17, 15) is 9.90 Å². The summed E-state index contributed by atoms with van der Waals surface area (Å²) in [5.41, 5.74) is 6.19. The van der Waals surface area contributed by atoms with Crippen LogP contribution in [0.3, 0.4) is 0 Å². The van der Waals surface area contributed by atoms with Crippen LogP contribution in [0, 0.1) is 5.41 Å². The lowest BCUT2D eigenvalue weighted by molar-refractivity contribution is -0.159. The first-order valence-electron chi connectivity index (χ1n) is 7.71. The predicted octanol–water partition coefficient (Wildman–Crippen LogP) is 0.646. The number of aliphatic hydroxyl groups excluding tert-OH is 1. The Morgan fingerprint density at radius 1 is 1.46 bits per heavy atom. The van der Waals surface area contributed by atoms with Crippen molar-refractivity contribution < 1.29 is 19.4 Å². The number of nitrogen functional groups attached to an aromatic ring is 1. The zero-order chi connectivity index (χ0) is 17.5. The number of nitrogens with zero attached hydrogens (tertiary/aromatic N) is 4. The quantitative estimate of drug-likeness (QED) is 0.783. The summed E-state index contributed by atoms with van der Waals surface area (Å²) in [5.74, 6) is -0.0525. The maximum absolute atomic E-state index is 11.8. The first kappa shape index (κ1) is 16.6. The highest BCUT2D eigenvalue weighted by molar-refractivity contribution is 5.81. The number of rotatable bonds is 3. The molecule has 0 aromatic carbocycles. The number of esters is 1. The van der Waals surface area contributed by atoms with Crippen molar-refractivity contribution in [3.63, 3.8) is 0 Å². The molecule has 130 valence electrons. The normalized spacial score (nSPS) is 24.4. The zero-order valence-corrected chi connectivity index (χ0v) is 13.8. The van der Waals surface area contributed by atoms with Crippen molar-refractivity contribution in [1.82, 2.24) is 19.5 Å². The molecule has 1 aliphatic rings. The minimum absolute atomic E-state index is 0.00246. The smallest absolute Gasteiger partial charge is 0.311 e. The third-order valence-corrected chi connectivity index (χ3v) is 3.89. The molecule has 0 aliphatic carbocycles. The zero-order valence-electron chi connectivity index (χ0n) is 13.8. The molecule has 0 bridgehead atoms. The first-order chi connectivity index (χ1) is 11.3. The number of imidazole rings is 1. The van der Waals surface area contributed by atoms with Gasteiger partial charge in [0.15, 0.2) is 11.5 Å². The van der Waals surface area contributed by atoms with E-state index in [1.807, 2.05) is 0 Å². The van der Waals surface area contributed by atoms with Crippen molar-refractivity contribution in [2.24, 2.45) is 5.41 Å². The van der Waals surface area contributed by atoms with Crippen molar-refractivity contribution in [1.29, 1.82) is 0 Å². The van der Waals surface area contributed by atoms with Gasteiger partial charge in [-0.15, -0.1) is 0 Å². The van der Waals surface area contributed by atoms with Crippen LogP contribution in [0.4, 0.5) is 5.82 Å². The van der Waals surface area contributed by atoms with Crippen molar-refractivity contribution in [3.8, 4) is 0 Å². The highest BCUT2D eigenvalue weighted by Gasteiger charge is 2.37. The van der Waals surface area contributed by atoms with E-state index in [2.05, 4.69) is 15.0 Å². The van der Waals surface area contributed by atoms with Gasteiger partial charge in [0.2, 0.25) is 0 Å². The molecule has 0 unspecified atom stereocenters. The van der Waals surface area contributed by atoms with Gasteiger partial charge < -0.3 is 20.3 Å². The molecule has 3 N–H and O–H groups in total. The van der Waals surface area contributed by atoms with Gasteiger partial charge in [-0.3, -0.25) is 9.36 Å². The lowest BCUT2D eigenvalue weighted by Gasteiger charge is -2.20. The second-order valence-electron chi connectivity index (χ2n) is 6.86. The van der Waals surface area contributed by atoms with E-state index in [0.717, 1.165) is 0 Å². The Bertz CT molecular complexity index is 754. The second kappa shape index (κ2) is 5.99. The van der Waals surface area contributed by atoms with E-state index in [0.29, 0.717) is 17.6 Å². The predicted molar refractivity (Wildman–Crippen MR) is 84.7 cm³/mol. The molecule has 3 atom stereocenters. The molecule has 2 aromatic heterocycles. The summed E-state index contributed by atoms with van der Waals surface area (Å²) in [6.45, 7) is 5.31. The summed E-state index contributed by atoms with van der Waals surface area (Å²) in [6, 6.07) is 0. The van der Waals surface area contributed by atoms with E-state index in [1.165, 1.54) is 6.33 Å². The Labute approximate surface area is 138 Å². The number of carbonyl (C=O) groups is 1. The number of ether oxygens (including phenoxy) is 2. The molecule has 9 nitrogen and oxygen atoms in total. The molecule has 0 saturated carbocycles. The van der Waals surface area contributed by atoms with E-state index in [4.69, 9.17) is 15.2 Å². The van der Waals surface area contributed by atoms with Crippen molar-refractivity contribution >= 4 is 23.0 Å². The molecule has 1 aliphatic heterocycles. The van der Waals surface area contributed by atoms with Crippen LogP contribution in [0.15, 0.2) is 12.7 Å². The van der Waals surface area contributed by atoms with Crippen LogP contribution in [0.5, 0.6) is 0 Å². The van der Waals surface area contributed by atoms with Crippen LogP contribution in [-0.2, 0) is 14.3 Å². The van der Waals surface area contributed by atoms with Crippen molar-refractivity contribution in [3.05, 3.63) is 12.7 Å². The van der Waals surface area contributed by atoms with Crippen molar-refractivity contribution in [2.45, 2.75) is 45.6 Å². The van der Waals surface area contributed by atoms with Gasteiger partial charge in [0, 0.05) is 6.42 Å². The maximum Gasteiger partial charge on any atom is 0.311 e. The standard InChI is InChI=1S/C15H21N5O4/c1-15(2,3)14(22)23-5-9-8(21)4-10(24-9)20-7-19-11-12(16)17-6-18-13(11)20/h6-10,21H,4-5H2,1-3H3,(H2,16,17,18)/t8-,9+,10+/m0/s1. The largest absolute Gasteiger partial charge is 0.462 e. The Balaban J connectivity index is 1.71. The van der Waals surface area contributed by atoms with Crippen LogP contribution in [-0.4, -0.2) is 49.4 Å². The summed E-state index contributed by atoms with van der Waals surface area (Å²) >= 11 is 0. The summed E-state index contributed by atoms with van der Waals surface area (Å²) in [5, 5.41) is 10.2. The molecule has 1 saturated heterocycles. The molecule has 0 amide bonds. The third-order valence-electron chi connectivity index (χ3n) is 3.89. The van der Waals surface area contributed by atoms with E-state index >= 15 is 0 Å². The van der Waals surface area contributed by atoms with Crippen LogP contribution in [0.25, 0.3) is 11.2 Å². The van der Waals surface area contributed by atoms with E-state index < -0.39 is 23.9 Å². The molecular formula is C15H21N5O4. The Morgan fingerprint density at radius 2 is 2.21 bits per heavy atom. The average molecular weight is 335 g/mol. The molecule has 1 fully saturated rings. The molecule has 9 heteroatoms. The number of anilines is 1. The first-order valence-corrected chi connectivity index (χ1v) is 7.71. The fourth-order valence-electron chi connectivity index (χ4n) is 2.49. The number of hydrogen-bond donors (Lipinski definition) is 2. The van der Waals surface area contributed by atoms with Gasteiger partial charge in [0.1, 0.15) is 30.8 Å². The number of hydrogen-bond acceptors (Lipinski definition) is 8. The van der Waals surface area contributed by atoms with Gasteiger partial charge in [0.05, 0.1) is 17.8 Å². The lowest BCUT2D eigenvalue weighted by Crippen LogP contribution is -2.31. The maximum atomic E-state index is 11.8. The topological polar surface area (TPSA) is 125 Å². The fraction of sp³-hybridized carbons (Fsp3) is 0.600. The van der Waals surface area contributed by atoms with Crippen LogP contribution >= 0.6 is 0 Å². The van der Waals surface area contributed by atoms with Gasteiger partial charge in [-0.2, -0.15) is 0 Å². The number of nitrogens with two attached hydrogens (primary N) is 1. The van der Waals surface area contributed by atoms with Gasteiger partial charge >= 0.3 is 5.97 Å². The molecule has 3 heterocycles. The van der Waals surface area contributed by atoms with Gasteiger partial charge in [-0.25, -0.2) is 15.0 Å². The number of carbonyl (C=O) groups excluding carboxylic acids is 1. The summed E-state index contributed by atoms with van der Waals surface area (Å²) in [4.78, 5) is 24.1. The highest BCUT2D eigenvalue weighted by atomic mass is 16.6. The van der Waals surface area contributed by atoms with Gasteiger partial charge in [-0.1, -0.05) is 0 Å². The minimum Gasteiger partial charge on any atom is -0.462 e. The SMILES string of the molecule is CC(C)(C)C(=O)OC[C@H]1O[C@@H](n2cnc3c(N)ncnc32)C[C@@H]1O. The average Bonchev–Trinajstić information content (AvgIpc) is 3.08. The van der Waals surface area contributed by atoms with Crippen LogP contribution < -0.4 is 5.73 Å². The van der Waals surface area contributed by atoms with Gasteiger partial charge in [0.25, 0.3) is 0 Å². The van der Waals surface area contributed by atoms with E-state index in [1.54, 1.807) is 31.7 Å². The van der Waals surface area contributed by atoms with Crippen LogP contribution in [0.1, 0.15) is 33.4 Å². The summed E-state index contributed by atoms with van der Waals surface area (Å²) in [6.07, 6.45) is 1.43. The van der Waals surface area contributed by atoms with Crippen molar-refractivity contribution in [2.75, 3.05) is 12.3 Å². The Kier molecular flexibility index (Phi) is 4.14. The number of aromatic nitrogens is 4. The Hall–Kier alpha value is -2.26. The lowest BCUT2D eigenvalue weighted by atomic mass is 9.97. The molecule has 0 radical (unpaired) electrons. The monoisotopic (exact) mass is 335 g/mol. The fourth-order valence-corrected chi connectivity index (χ4v) is 2.49. The molecule has 2 aromatic rings. The number of fused-ring (bicyclic) bond motifs is 1.